The number of nitrogens with zero attached hydrogens (tertiary/aromatic N) is 3. The standard InChI is InChI=1S/C19H20N2O2S.C16H13NO3S.C2HF3O2/c1-15-13-18-16(14-20-11-6-12-20)7-5-10-19(18)21(15)24(22,23)17-8-3-2-4-9-17;1-12-10-15-13(11-18)6-5-9-16(15)17(12)21(19,20)14-7-3-2-4-8-14;3-2(4,5)1(6)7/h2-5,7-10,13H,6,11-12,14H2,1H3;2-11H,1H3;(H,6,7). The summed E-state index contributed by atoms with van der Waals surface area (Å²) in [5.41, 5.74) is 4.26. The summed E-state index contributed by atoms with van der Waals surface area (Å²) in [4.78, 5) is 22.9. The molecule has 3 heterocycles. The van der Waals surface area contributed by atoms with E-state index >= 15 is 0 Å². The van der Waals surface area contributed by atoms with Gasteiger partial charge in [0.15, 0.2) is 6.29 Å². The van der Waals surface area contributed by atoms with Crippen molar-refractivity contribution in [2.24, 2.45) is 0 Å². The van der Waals surface area contributed by atoms with Crippen molar-refractivity contribution in [1.82, 2.24) is 12.8 Å². The van der Waals surface area contributed by atoms with E-state index in [9.17, 15) is 34.8 Å². The molecule has 52 heavy (non-hydrogen) atoms. The van der Waals surface area contributed by atoms with Crippen LogP contribution in [0.3, 0.4) is 0 Å². The molecule has 1 saturated heterocycles. The summed E-state index contributed by atoms with van der Waals surface area (Å²) in [5.74, 6) is -2.76. The van der Waals surface area contributed by atoms with Gasteiger partial charge in [-0.2, -0.15) is 13.2 Å². The number of aromatic nitrogens is 2. The first-order valence-corrected chi connectivity index (χ1v) is 18.8. The highest BCUT2D eigenvalue weighted by Gasteiger charge is 2.38. The largest absolute Gasteiger partial charge is 0.490 e. The zero-order chi connectivity index (χ0) is 37.8. The Morgan fingerprint density at radius 3 is 1.58 bits per heavy atom. The maximum atomic E-state index is 13.1. The summed E-state index contributed by atoms with van der Waals surface area (Å²) in [6.07, 6.45) is -3.10. The fourth-order valence-corrected chi connectivity index (χ4v) is 8.94. The van der Waals surface area contributed by atoms with E-state index in [1.807, 2.05) is 31.2 Å². The average Bonchev–Trinajstić information content (AvgIpc) is 3.63. The summed E-state index contributed by atoms with van der Waals surface area (Å²) in [6, 6.07) is 31.6. The first-order valence-electron chi connectivity index (χ1n) is 15.9. The number of halogens is 3. The van der Waals surface area contributed by atoms with Gasteiger partial charge in [-0.3, -0.25) is 9.69 Å². The lowest BCUT2D eigenvalue weighted by atomic mass is 10.1. The number of rotatable bonds is 7. The summed E-state index contributed by atoms with van der Waals surface area (Å²) in [6.45, 7) is 6.70. The Labute approximate surface area is 298 Å². The topological polar surface area (TPSA) is 136 Å². The third-order valence-corrected chi connectivity index (χ3v) is 12.0. The minimum Gasteiger partial charge on any atom is -0.475 e. The maximum absolute atomic E-state index is 13.1. The molecule has 4 aromatic carbocycles. The minimum atomic E-state index is -5.08. The van der Waals surface area contributed by atoms with Gasteiger partial charge >= 0.3 is 12.1 Å². The van der Waals surface area contributed by atoms with Gasteiger partial charge in [-0.05, 0) is 87.5 Å². The number of carbonyl (C=O) groups excluding carboxylic acids is 1. The van der Waals surface area contributed by atoms with E-state index in [0.717, 1.165) is 42.5 Å². The molecule has 1 fully saturated rings. The summed E-state index contributed by atoms with van der Waals surface area (Å²) >= 11 is 0. The van der Waals surface area contributed by atoms with Gasteiger partial charge in [0.25, 0.3) is 20.0 Å². The molecule has 272 valence electrons. The molecule has 0 aliphatic carbocycles. The Morgan fingerprint density at radius 2 is 1.15 bits per heavy atom. The Morgan fingerprint density at radius 1 is 0.712 bits per heavy atom. The zero-order valence-corrected chi connectivity index (χ0v) is 29.6. The second-order valence-electron chi connectivity index (χ2n) is 11.9. The van der Waals surface area contributed by atoms with Crippen molar-refractivity contribution in [3.63, 3.8) is 0 Å². The monoisotopic (exact) mass is 753 g/mol. The quantitative estimate of drug-likeness (QED) is 0.172. The molecule has 1 aliphatic rings. The molecule has 0 amide bonds. The number of alkyl halides is 3. The predicted molar refractivity (Wildman–Crippen MR) is 190 cm³/mol. The lowest BCUT2D eigenvalue weighted by Crippen LogP contribution is -2.36. The van der Waals surface area contributed by atoms with Crippen LogP contribution in [0.15, 0.2) is 119 Å². The average molecular weight is 754 g/mol. The lowest BCUT2D eigenvalue weighted by Gasteiger charge is -2.30. The SMILES string of the molecule is Cc1cc2c(C=O)cccc2n1S(=O)(=O)c1ccccc1.Cc1cc2c(CN3CCC3)cccc2n1S(=O)(=O)c1ccccc1.O=C(O)C(F)(F)F. The van der Waals surface area contributed by atoms with Crippen LogP contribution in [-0.2, 0) is 31.4 Å². The van der Waals surface area contributed by atoms with Gasteiger partial charge in [0.05, 0.1) is 20.8 Å². The molecule has 0 bridgehead atoms. The van der Waals surface area contributed by atoms with Crippen LogP contribution in [0.1, 0.15) is 33.7 Å². The molecule has 6 aromatic rings. The Bertz CT molecular complexity index is 2460. The van der Waals surface area contributed by atoms with E-state index in [1.165, 1.54) is 19.9 Å². The van der Waals surface area contributed by atoms with Crippen molar-refractivity contribution < 1.29 is 44.7 Å². The summed E-state index contributed by atoms with van der Waals surface area (Å²) in [7, 11) is -7.26. The number of carboxylic acids is 1. The minimum absolute atomic E-state index is 0.224. The first kappa shape index (κ1) is 38.0. The van der Waals surface area contributed by atoms with Crippen LogP contribution in [0, 0.1) is 13.8 Å². The van der Waals surface area contributed by atoms with Crippen LogP contribution < -0.4 is 0 Å². The number of hydrogen-bond acceptors (Lipinski definition) is 7. The zero-order valence-electron chi connectivity index (χ0n) is 28.0. The molecule has 1 N–H and O–H groups in total. The number of carbonyl (C=O) groups is 2. The van der Waals surface area contributed by atoms with Crippen molar-refractivity contribution in [3.05, 3.63) is 132 Å². The van der Waals surface area contributed by atoms with Crippen molar-refractivity contribution in [1.29, 1.82) is 0 Å². The van der Waals surface area contributed by atoms with Crippen molar-refractivity contribution >= 4 is 54.1 Å². The third kappa shape index (κ3) is 7.81. The fourth-order valence-electron chi connectivity index (χ4n) is 5.82. The Hall–Kier alpha value is -5.25. The van der Waals surface area contributed by atoms with E-state index in [1.54, 1.807) is 85.8 Å². The van der Waals surface area contributed by atoms with Gasteiger partial charge in [0, 0.05) is 34.3 Å². The molecular weight excluding hydrogens is 720 g/mol. The molecule has 0 saturated carbocycles. The fraction of sp³-hybridized carbons (Fsp3) is 0.189. The predicted octanol–water partition coefficient (Wildman–Crippen LogP) is 7.02. The molecule has 1 aliphatic heterocycles. The Kier molecular flexibility index (Phi) is 11.1. The van der Waals surface area contributed by atoms with Crippen LogP contribution in [0.25, 0.3) is 21.8 Å². The van der Waals surface area contributed by atoms with Gasteiger partial charge in [0.2, 0.25) is 0 Å². The van der Waals surface area contributed by atoms with Gasteiger partial charge < -0.3 is 5.11 Å². The number of aldehydes is 1. The second kappa shape index (κ2) is 15.2. The molecule has 15 heteroatoms. The van der Waals surface area contributed by atoms with Crippen LogP contribution in [-0.4, -0.2) is 66.3 Å². The van der Waals surface area contributed by atoms with Crippen molar-refractivity contribution in [2.45, 2.75) is 42.8 Å². The van der Waals surface area contributed by atoms with Crippen molar-refractivity contribution in [3.8, 4) is 0 Å². The van der Waals surface area contributed by atoms with Gasteiger partial charge in [0.1, 0.15) is 0 Å². The number of hydrogen-bond donors (Lipinski definition) is 1. The highest BCUT2D eigenvalue weighted by Crippen LogP contribution is 2.30. The van der Waals surface area contributed by atoms with Crippen LogP contribution in [0.4, 0.5) is 13.2 Å². The lowest BCUT2D eigenvalue weighted by molar-refractivity contribution is -0.192. The maximum Gasteiger partial charge on any atom is 0.490 e. The molecule has 0 spiro atoms. The van der Waals surface area contributed by atoms with E-state index in [2.05, 4.69) is 11.0 Å². The highest BCUT2D eigenvalue weighted by atomic mass is 32.2. The first-order chi connectivity index (χ1) is 24.6. The van der Waals surface area contributed by atoms with Crippen molar-refractivity contribution in [2.75, 3.05) is 13.1 Å². The molecule has 7 rings (SSSR count). The third-order valence-electron chi connectivity index (χ3n) is 8.35. The van der Waals surface area contributed by atoms with Crippen LogP contribution >= 0.6 is 0 Å². The van der Waals surface area contributed by atoms with Gasteiger partial charge in [-0.15, -0.1) is 0 Å². The van der Waals surface area contributed by atoms with E-state index in [0.29, 0.717) is 27.1 Å². The molecule has 2 aromatic heterocycles. The number of aliphatic carboxylic acids is 1. The van der Waals surface area contributed by atoms with E-state index in [4.69, 9.17) is 9.90 Å². The van der Waals surface area contributed by atoms with Gasteiger partial charge in [-0.1, -0.05) is 60.7 Å². The molecule has 0 atom stereocenters. The normalized spacial score (nSPS) is 13.4. The van der Waals surface area contributed by atoms with Crippen LogP contribution in [0.5, 0.6) is 0 Å². The van der Waals surface area contributed by atoms with E-state index < -0.39 is 32.2 Å². The van der Waals surface area contributed by atoms with Gasteiger partial charge in [-0.25, -0.2) is 29.6 Å². The number of fused-ring (bicyclic) bond motifs is 2. The molecule has 10 nitrogen and oxygen atoms in total. The summed E-state index contributed by atoms with van der Waals surface area (Å²) in [5, 5.41) is 8.80. The molecular formula is C37H34F3N3O7S2. The van der Waals surface area contributed by atoms with Crippen LogP contribution in [0.2, 0.25) is 0 Å². The number of carboxylic acid groups (broad SMARTS) is 1. The number of benzene rings is 4. The summed E-state index contributed by atoms with van der Waals surface area (Å²) < 4.78 is 86.3. The second-order valence-corrected chi connectivity index (χ2v) is 15.5. The Balaban J connectivity index is 0.000000172. The molecule has 0 radical (unpaired) electrons. The van der Waals surface area contributed by atoms with E-state index in [-0.39, 0.29) is 4.90 Å². The number of aryl methyl sites for hydroxylation is 2. The highest BCUT2D eigenvalue weighted by molar-refractivity contribution is 7.90. The number of likely N-dealkylation sites (tertiary alicyclic amines) is 1. The smallest absolute Gasteiger partial charge is 0.475 e. The molecule has 0 unspecified atom stereocenters.